The van der Waals surface area contributed by atoms with Gasteiger partial charge < -0.3 is 20.3 Å². The molecular formula is C28H28N4O3. The highest BCUT2D eigenvalue weighted by atomic mass is 16.5. The fourth-order valence-corrected chi connectivity index (χ4v) is 4.31. The van der Waals surface area contributed by atoms with Crippen LogP contribution in [0.25, 0.3) is 0 Å². The van der Waals surface area contributed by atoms with E-state index in [0.29, 0.717) is 48.1 Å². The van der Waals surface area contributed by atoms with Crippen LogP contribution < -0.4 is 15.4 Å². The van der Waals surface area contributed by atoms with Crippen LogP contribution in [0.4, 0.5) is 10.5 Å². The van der Waals surface area contributed by atoms with Crippen LogP contribution in [0.1, 0.15) is 45.8 Å². The smallest absolute Gasteiger partial charge is 0.319 e. The first kappa shape index (κ1) is 23.8. The summed E-state index contributed by atoms with van der Waals surface area (Å²) >= 11 is 0. The van der Waals surface area contributed by atoms with Crippen LogP contribution >= 0.6 is 0 Å². The monoisotopic (exact) mass is 468 g/mol. The molecule has 0 saturated carbocycles. The molecule has 0 atom stereocenters. The first-order valence-electron chi connectivity index (χ1n) is 11.6. The molecule has 0 unspecified atom stereocenters. The minimum absolute atomic E-state index is 0.0707. The van der Waals surface area contributed by atoms with Gasteiger partial charge in [0, 0.05) is 25.2 Å². The molecule has 0 radical (unpaired) electrons. The number of carbonyl (C=O) groups is 2. The molecule has 1 saturated heterocycles. The van der Waals surface area contributed by atoms with E-state index in [4.69, 9.17) is 10.00 Å². The maximum absolute atomic E-state index is 13.2. The first-order valence-corrected chi connectivity index (χ1v) is 11.6. The van der Waals surface area contributed by atoms with Crippen LogP contribution in [-0.2, 0) is 6.54 Å². The molecule has 1 fully saturated rings. The minimum Gasteiger partial charge on any atom is -0.495 e. The summed E-state index contributed by atoms with van der Waals surface area (Å²) in [5.41, 5.74) is 3.79. The second kappa shape index (κ2) is 11.2. The number of urea groups is 1. The van der Waals surface area contributed by atoms with Crippen molar-refractivity contribution < 1.29 is 14.3 Å². The Balaban J connectivity index is 1.37. The summed E-state index contributed by atoms with van der Waals surface area (Å²) in [7, 11) is 1.53. The van der Waals surface area contributed by atoms with Crippen molar-refractivity contribution in [1.29, 1.82) is 5.26 Å². The van der Waals surface area contributed by atoms with Gasteiger partial charge in [0.25, 0.3) is 5.91 Å². The maximum atomic E-state index is 13.2. The van der Waals surface area contributed by atoms with Crippen molar-refractivity contribution in [3.8, 4) is 11.8 Å². The van der Waals surface area contributed by atoms with Gasteiger partial charge in [-0.05, 0) is 60.2 Å². The molecular weight excluding hydrogens is 440 g/mol. The molecule has 1 aliphatic heterocycles. The number of hydrogen-bond acceptors (Lipinski definition) is 4. The number of carbonyl (C=O) groups excluding carboxylic acids is 2. The average Bonchev–Trinajstić information content (AvgIpc) is 2.92. The molecule has 1 heterocycles. The first-order chi connectivity index (χ1) is 17.1. The molecule has 0 aliphatic carbocycles. The third-order valence-electron chi connectivity index (χ3n) is 6.28. The predicted octanol–water partition coefficient (Wildman–Crippen LogP) is 4.91. The molecule has 2 N–H and O–H groups in total. The summed E-state index contributed by atoms with van der Waals surface area (Å²) in [6.45, 7) is 1.69. The molecule has 3 amide bonds. The van der Waals surface area contributed by atoms with E-state index in [1.165, 1.54) is 12.7 Å². The largest absolute Gasteiger partial charge is 0.495 e. The number of nitriles is 1. The van der Waals surface area contributed by atoms with E-state index in [2.05, 4.69) is 16.7 Å². The summed E-state index contributed by atoms with van der Waals surface area (Å²) in [6, 6.07) is 24.2. The second-order valence-corrected chi connectivity index (χ2v) is 8.51. The van der Waals surface area contributed by atoms with Crippen molar-refractivity contribution in [3.05, 3.63) is 95.1 Å². The Kier molecular flexibility index (Phi) is 7.63. The van der Waals surface area contributed by atoms with E-state index in [1.54, 1.807) is 18.2 Å². The van der Waals surface area contributed by atoms with Gasteiger partial charge in [-0.15, -0.1) is 0 Å². The topological polar surface area (TPSA) is 94.5 Å². The molecule has 178 valence electrons. The Morgan fingerprint density at radius 3 is 2.40 bits per heavy atom. The number of rotatable bonds is 6. The number of amides is 3. The Morgan fingerprint density at radius 1 is 1.03 bits per heavy atom. The van der Waals surface area contributed by atoms with Crippen molar-refractivity contribution in [1.82, 2.24) is 10.2 Å². The summed E-state index contributed by atoms with van der Waals surface area (Å²) in [6.07, 6.45) is 1.72. The van der Waals surface area contributed by atoms with Crippen LogP contribution in [0.15, 0.2) is 72.8 Å². The Hall–Kier alpha value is -4.31. The Bertz CT molecular complexity index is 1210. The van der Waals surface area contributed by atoms with Crippen LogP contribution in [-0.4, -0.2) is 37.0 Å². The highest BCUT2D eigenvalue weighted by molar-refractivity contribution is 5.98. The van der Waals surface area contributed by atoms with Gasteiger partial charge in [-0.1, -0.05) is 42.5 Å². The van der Waals surface area contributed by atoms with Crippen LogP contribution in [0.5, 0.6) is 5.75 Å². The standard InChI is InChI=1S/C28H28N4O3/c1-35-26-12-11-24(17-25(26)31-28(34)30-19-21-5-3-2-4-6-21)27(33)32-15-13-23(14-16-32)22-9-7-20(18-29)8-10-22/h2-12,17,23H,13-16,19H2,1H3,(H2,30,31,34). The summed E-state index contributed by atoms with van der Waals surface area (Å²) in [5, 5.41) is 14.6. The normalized spacial score (nSPS) is 13.5. The van der Waals surface area contributed by atoms with Crippen molar-refractivity contribution in [2.24, 2.45) is 0 Å². The third-order valence-corrected chi connectivity index (χ3v) is 6.28. The van der Waals surface area contributed by atoms with Gasteiger partial charge >= 0.3 is 6.03 Å². The maximum Gasteiger partial charge on any atom is 0.319 e. The van der Waals surface area contributed by atoms with E-state index < -0.39 is 0 Å². The lowest BCUT2D eigenvalue weighted by Crippen LogP contribution is -2.38. The number of ether oxygens (including phenoxy) is 1. The SMILES string of the molecule is COc1ccc(C(=O)N2CCC(c3ccc(C#N)cc3)CC2)cc1NC(=O)NCc1ccccc1. The molecule has 0 aromatic heterocycles. The lowest BCUT2D eigenvalue weighted by molar-refractivity contribution is 0.0713. The Morgan fingerprint density at radius 2 is 1.74 bits per heavy atom. The molecule has 0 bridgehead atoms. The lowest BCUT2D eigenvalue weighted by Gasteiger charge is -2.32. The predicted molar refractivity (Wildman–Crippen MR) is 134 cm³/mol. The van der Waals surface area contributed by atoms with E-state index >= 15 is 0 Å². The molecule has 1 aliphatic rings. The van der Waals surface area contributed by atoms with E-state index in [-0.39, 0.29) is 11.9 Å². The highest BCUT2D eigenvalue weighted by Crippen LogP contribution is 2.30. The van der Waals surface area contributed by atoms with Gasteiger partial charge in [0.2, 0.25) is 0 Å². The average molecular weight is 469 g/mol. The van der Waals surface area contributed by atoms with Crippen molar-refractivity contribution >= 4 is 17.6 Å². The quantitative estimate of drug-likeness (QED) is 0.538. The number of nitrogens with zero attached hydrogens (tertiary/aromatic N) is 2. The summed E-state index contributed by atoms with van der Waals surface area (Å²) in [5.74, 6) is 0.780. The van der Waals surface area contributed by atoms with E-state index in [0.717, 1.165) is 18.4 Å². The Labute approximate surface area is 205 Å². The number of hydrogen-bond donors (Lipinski definition) is 2. The molecule has 7 heteroatoms. The van der Waals surface area contributed by atoms with Gasteiger partial charge in [-0.3, -0.25) is 4.79 Å². The minimum atomic E-state index is -0.375. The zero-order valence-electron chi connectivity index (χ0n) is 19.7. The van der Waals surface area contributed by atoms with Crippen molar-refractivity contribution in [3.63, 3.8) is 0 Å². The number of methoxy groups -OCH3 is 1. The van der Waals surface area contributed by atoms with E-state index in [1.807, 2.05) is 59.5 Å². The van der Waals surface area contributed by atoms with Crippen molar-refractivity contribution in [2.75, 3.05) is 25.5 Å². The number of anilines is 1. The van der Waals surface area contributed by atoms with Gasteiger partial charge in [0.1, 0.15) is 5.75 Å². The molecule has 3 aromatic carbocycles. The highest BCUT2D eigenvalue weighted by Gasteiger charge is 2.25. The van der Waals surface area contributed by atoms with Crippen LogP contribution in [0.2, 0.25) is 0 Å². The van der Waals surface area contributed by atoms with Gasteiger partial charge in [0.15, 0.2) is 0 Å². The summed E-state index contributed by atoms with van der Waals surface area (Å²) in [4.78, 5) is 27.5. The van der Waals surface area contributed by atoms with Gasteiger partial charge in [-0.25, -0.2) is 4.79 Å². The molecule has 35 heavy (non-hydrogen) atoms. The van der Waals surface area contributed by atoms with Crippen LogP contribution in [0, 0.1) is 11.3 Å². The van der Waals surface area contributed by atoms with Crippen molar-refractivity contribution in [2.45, 2.75) is 25.3 Å². The van der Waals surface area contributed by atoms with E-state index in [9.17, 15) is 9.59 Å². The number of nitrogens with one attached hydrogen (secondary N) is 2. The number of likely N-dealkylation sites (tertiary alicyclic amines) is 1. The van der Waals surface area contributed by atoms with Gasteiger partial charge in [0.05, 0.1) is 24.4 Å². The zero-order chi connectivity index (χ0) is 24.6. The molecule has 7 nitrogen and oxygen atoms in total. The third kappa shape index (κ3) is 5.98. The molecule has 3 aromatic rings. The molecule has 4 rings (SSSR count). The number of piperidine rings is 1. The number of benzene rings is 3. The fourth-order valence-electron chi connectivity index (χ4n) is 4.31. The van der Waals surface area contributed by atoms with Gasteiger partial charge in [-0.2, -0.15) is 5.26 Å². The second-order valence-electron chi connectivity index (χ2n) is 8.51. The fraction of sp³-hybridized carbons (Fsp3) is 0.250. The van der Waals surface area contributed by atoms with Crippen LogP contribution in [0.3, 0.4) is 0 Å². The summed E-state index contributed by atoms with van der Waals surface area (Å²) < 4.78 is 5.38. The lowest BCUT2D eigenvalue weighted by atomic mass is 9.89. The zero-order valence-corrected chi connectivity index (χ0v) is 19.7. The molecule has 0 spiro atoms.